The number of amides is 3. The zero-order valence-electron chi connectivity index (χ0n) is 16.7. The van der Waals surface area contributed by atoms with Gasteiger partial charge in [0.2, 0.25) is 5.91 Å². The highest BCUT2D eigenvalue weighted by atomic mass is 16.2. The molecule has 3 amide bonds. The van der Waals surface area contributed by atoms with Gasteiger partial charge in [-0.05, 0) is 53.6 Å². The number of benzene rings is 1. The van der Waals surface area contributed by atoms with E-state index < -0.39 is 0 Å². The normalized spacial score (nSPS) is 18.5. The quantitative estimate of drug-likeness (QED) is 0.886. The molecule has 1 aliphatic carbocycles. The van der Waals surface area contributed by atoms with Crippen LogP contribution in [0.25, 0.3) is 11.1 Å². The minimum Gasteiger partial charge on any atom is -0.349 e. The fourth-order valence-electron chi connectivity index (χ4n) is 4.31. The molecule has 28 heavy (non-hydrogen) atoms. The van der Waals surface area contributed by atoms with E-state index in [1.165, 1.54) is 5.56 Å². The highest BCUT2D eigenvalue weighted by Gasteiger charge is 2.27. The molecule has 0 radical (unpaired) electrons. The largest absolute Gasteiger partial charge is 0.349 e. The van der Waals surface area contributed by atoms with Gasteiger partial charge in [-0.25, -0.2) is 4.79 Å². The van der Waals surface area contributed by atoms with E-state index in [2.05, 4.69) is 22.4 Å². The van der Waals surface area contributed by atoms with Crippen LogP contribution in [0.2, 0.25) is 0 Å². The Hall–Kier alpha value is -2.89. The van der Waals surface area contributed by atoms with Gasteiger partial charge in [0.25, 0.3) is 0 Å². The number of hydrogen-bond acceptors (Lipinski definition) is 3. The van der Waals surface area contributed by atoms with Gasteiger partial charge in [0.05, 0.1) is 11.7 Å². The van der Waals surface area contributed by atoms with Gasteiger partial charge in [-0.15, -0.1) is 0 Å². The summed E-state index contributed by atoms with van der Waals surface area (Å²) in [4.78, 5) is 32.0. The number of nitrogens with one attached hydrogen (secondary N) is 1. The van der Waals surface area contributed by atoms with Crippen molar-refractivity contribution in [2.24, 2.45) is 0 Å². The van der Waals surface area contributed by atoms with Crippen LogP contribution in [0, 0.1) is 0 Å². The predicted octanol–water partition coefficient (Wildman–Crippen LogP) is 3.65. The van der Waals surface area contributed by atoms with Crippen LogP contribution in [-0.4, -0.2) is 35.9 Å². The number of pyridine rings is 1. The van der Waals surface area contributed by atoms with Crippen LogP contribution >= 0.6 is 0 Å². The molecule has 2 aliphatic rings. The first kappa shape index (κ1) is 18.5. The van der Waals surface area contributed by atoms with Crippen molar-refractivity contribution in [2.75, 3.05) is 19.0 Å². The minimum atomic E-state index is 0.00788. The van der Waals surface area contributed by atoms with Crippen molar-refractivity contribution >= 4 is 17.6 Å². The van der Waals surface area contributed by atoms with Crippen LogP contribution in [0.5, 0.6) is 0 Å². The van der Waals surface area contributed by atoms with Crippen molar-refractivity contribution in [1.82, 2.24) is 15.2 Å². The zero-order valence-corrected chi connectivity index (χ0v) is 16.7. The third kappa shape index (κ3) is 3.13. The molecule has 0 saturated carbocycles. The van der Waals surface area contributed by atoms with Crippen molar-refractivity contribution in [3.63, 3.8) is 0 Å². The Morgan fingerprint density at radius 1 is 1.29 bits per heavy atom. The van der Waals surface area contributed by atoms with E-state index >= 15 is 0 Å². The molecule has 1 atom stereocenters. The molecule has 4 rings (SSSR count). The molecule has 6 heteroatoms. The Balaban J connectivity index is 1.73. The van der Waals surface area contributed by atoms with Crippen LogP contribution in [0.4, 0.5) is 10.5 Å². The average molecular weight is 378 g/mol. The Kier molecular flexibility index (Phi) is 4.79. The molecule has 2 heterocycles. The number of nitrogens with zero attached hydrogens (tertiary/aromatic N) is 3. The molecule has 1 N–H and O–H groups in total. The molecular formula is C22H26N4O2. The van der Waals surface area contributed by atoms with Gasteiger partial charge in [0, 0.05) is 45.0 Å². The van der Waals surface area contributed by atoms with Crippen LogP contribution in [0.3, 0.4) is 0 Å². The molecular weight excluding hydrogens is 352 g/mol. The van der Waals surface area contributed by atoms with Crippen molar-refractivity contribution in [2.45, 2.75) is 45.2 Å². The highest BCUT2D eigenvalue weighted by Crippen LogP contribution is 2.38. The van der Waals surface area contributed by atoms with Crippen molar-refractivity contribution < 1.29 is 9.59 Å². The topological polar surface area (TPSA) is 65.5 Å². The van der Waals surface area contributed by atoms with E-state index in [4.69, 9.17) is 0 Å². The summed E-state index contributed by atoms with van der Waals surface area (Å²) in [7, 11) is 3.63. The van der Waals surface area contributed by atoms with E-state index in [1.807, 2.05) is 39.5 Å². The number of anilines is 1. The van der Waals surface area contributed by atoms with Gasteiger partial charge in [-0.3, -0.25) is 14.7 Å². The van der Waals surface area contributed by atoms with Crippen LogP contribution in [0.15, 0.2) is 30.6 Å². The van der Waals surface area contributed by atoms with E-state index in [0.29, 0.717) is 13.0 Å². The van der Waals surface area contributed by atoms with Gasteiger partial charge < -0.3 is 10.2 Å². The summed E-state index contributed by atoms with van der Waals surface area (Å²) < 4.78 is 0. The van der Waals surface area contributed by atoms with E-state index in [0.717, 1.165) is 47.2 Å². The lowest BCUT2D eigenvalue weighted by Crippen LogP contribution is -2.42. The molecule has 0 fully saturated rings. The fourth-order valence-corrected chi connectivity index (χ4v) is 4.31. The number of rotatable bonds is 3. The smallest absolute Gasteiger partial charge is 0.324 e. The first-order valence-corrected chi connectivity index (χ1v) is 9.87. The summed E-state index contributed by atoms with van der Waals surface area (Å²) in [5, 5.41) is 3.14. The fraction of sp³-hybridized carbons (Fsp3) is 0.409. The molecule has 0 unspecified atom stereocenters. The molecule has 0 saturated heterocycles. The van der Waals surface area contributed by atoms with Crippen LogP contribution in [0.1, 0.15) is 48.9 Å². The Bertz CT molecular complexity index is 940. The second kappa shape index (κ2) is 7.26. The first-order chi connectivity index (χ1) is 13.5. The van der Waals surface area contributed by atoms with E-state index in [-0.39, 0.29) is 18.0 Å². The van der Waals surface area contributed by atoms with Gasteiger partial charge in [0.1, 0.15) is 0 Å². The number of carbonyl (C=O) groups excluding carboxylic acids is 2. The second-order valence-electron chi connectivity index (χ2n) is 7.66. The molecule has 1 aromatic carbocycles. The maximum absolute atomic E-state index is 12.2. The molecule has 2 aromatic rings. The number of hydrogen-bond donors (Lipinski definition) is 1. The summed E-state index contributed by atoms with van der Waals surface area (Å²) in [6.07, 6.45) is 7.29. The predicted molar refractivity (Wildman–Crippen MR) is 109 cm³/mol. The third-order valence-electron chi connectivity index (χ3n) is 5.82. The summed E-state index contributed by atoms with van der Waals surface area (Å²) in [6.45, 7) is 2.48. The lowest BCUT2D eigenvalue weighted by molar-refractivity contribution is -0.121. The average Bonchev–Trinajstić information content (AvgIpc) is 2.71. The molecule has 6 nitrogen and oxygen atoms in total. The van der Waals surface area contributed by atoms with E-state index in [9.17, 15) is 9.59 Å². The maximum Gasteiger partial charge on any atom is 0.324 e. The lowest BCUT2D eigenvalue weighted by Gasteiger charge is -2.33. The SMILES string of the molecule is CCC(=O)N[C@@H]1CCCc2c(-c3ccc4c(c3)CN(C)C(=O)N4C)cncc21. The number of aromatic nitrogens is 1. The summed E-state index contributed by atoms with van der Waals surface area (Å²) in [5.41, 5.74) is 6.73. The maximum atomic E-state index is 12.2. The molecule has 0 bridgehead atoms. The molecule has 0 spiro atoms. The Morgan fingerprint density at radius 3 is 2.89 bits per heavy atom. The standard InChI is InChI=1S/C22H26N4O2/c1-4-21(27)24-19-7-5-6-16-17(11-23-12-18(16)19)14-8-9-20-15(10-14)13-25(2)22(28)26(20)3/h8-12,19H,4-7,13H2,1-3H3,(H,24,27)/t19-/m1/s1. The minimum absolute atomic E-state index is 0.00788. The van der Waals surface area contributed by atoms with Crippen LogP contribution < -0.4 is 10.2 Å². The zero-order chi connectivity index (χ0) is 19.8. The van der Waals surface area contributed by atoms with Crippen molar-refractivity contribution in [3.8, 4) is 11.1 Å². The molecule has 146 valence electrons. The first-order valence-electron chi connectivity index (χ1n) is 9.87. The number of fused-ring (bicyclic) bond motifs is 2. The molecule has 1 aliphatic heterocycles. The van der Waals surface area contributed by atoms with E-state index in [1.54, 1.807) is 9.80 Å². The second-order valence-corrected chi connectivity index (χ2v) is 7.66. The van der Waals surface area contributed by atoms with Crippen LogP contribution in [-0.2, 0) is 17.8 Å². The highest BCUT2D eigenvalue weighted by molar-refractivity contribution is 5.94. The molecule has 1 aromatic heterocycles. The Morgan fingerprint density at radius 2 is 2.11 bits per heavy atom. The summed E-state index contributed by atoms with van der Waals surface area (Å²) >= 11 is 0. The summed E-state index contributed by atoms with van der Waals surface area (Å²) in [6, 6.07) is 6.30. The van der Waals surface area contributed by atoms with Gasteiger partial charge in [0.15, 0.2) is 0 Å². The summed E-state index contributed by atoms with van der Waals surface area (Å²) in [5.74, 6) is 0.0766. The van der Waals surface area contributed by atoms with Gasteiger partial charge in [-0.1, -0.05) is 13.0 Å². The monoisotopic (exact) mass is 378 g/mol. The third-order valence-corrected chi connectivity index (χ3v) is 5.82. The lowest BCUT2D eigenvalue weighted by atomic mass is 9.84. The van der Waals surface area contributed by atoms with Crippen molar-refractivity contribution in [1.29, 1.82) is 0 Å². The van der Waals surface area contributed by atoms with Gasteiger partial charge in [-0.2, -0.15) is 0 Å². The Labute approximate surface area is 165 Å². The number of carbonyl (C=O) groups is 2. The van der Waals surface area contributed by atoms with Crippen molar-refractivity contribution in [3.05, 3.63) is 47.3 Å². The number of urea groups is 1. The van der Waals surface area contributed by atoms with Gasteiger partial charge >= 0.3 is 6.03 Å².